The van der Waals surface area contributed by atoms with Gasteiger partial charge >= 0.3 is 5.56 Å². The van der Waals surface area contributed by atoms with Gasteiger partial charge in [-0.1, -0.05) is 72.3 Å². The number of nitrogens with zero attached hydrogens (tertiary/aromatic N) is 5. The number of hydrogen-bond acceptors (Lipinski definition) is 7. The Hall–Kier alpha value is -4.41. The van der Waals surface area contributed by atoms with Gasteiger partial charge in [0.2, 0.25) is 5.13 Å². The van der Waals surface area contributed by atoms with Crippen LogP contribution in [0.1, 0.15) is 0 Å². The summed E-state index contributed by atoms with van der Waals surface area (Å²) >= 11 is 7.19. The molecule has 0 fully saturated rings. The van der Waals surface area contributed by atoms with Crippen LogP contribution in [0, 0.1) is 10.1 Å². The zero-order valence-corrected chi connectivity index (χ0v) is 19.4. The summed E-state index contributed by atoms with van der Waals surface area (Å²) < 4.78 is 1.32. The molecular weight excluding hydrogens is 488 g/mol. The molecule has 2 aromatic heterocycles. The highest BCUT2D eigenvalue weighted by molar-refractivity contribution is 7.12. The highest BCUT2D eigenvalue weighted by Gasteiger charge is 2.19. The summed E-state index contributed by atoms with van der Waals surface area (Å²) in [5.41, 5.74) is 2.32. The van der Waals surface area contributed by atoms with Gasteiger partial charge in [-0.25, -0.2) is 4.98 Å². The molecule has 0 atom stereocenters. The predicted octanol–water partition coefficient (Wildman–Crippen LogP) is 6.93. The number of aromatic amines is 1. The Kier molecular flexibility index (Phi) is 6.04. The number of aromatic nitrogens is 3. The normalized spacial score (nSPS) is 11.2. The Labute approximate surface area is 207 Å². The van der Waals surface area contributed by atoms with E-state index in [1.54, 1.807) is 0 Å². The maximum atomic E-state index is 13.4. The summed E-state index contributed by atoms with van der Waals surface area (Å²) in [6.45, 7) is 0. The molecule has 0 bridgehead atoms. The van der Waals surface area contributed by atoms with E-state index in [0.717, 1.165) is 16.8 Å². The van der Waals surface area contributed by atoms with Crippen molar-refractivity contribution < 1.29 is 4.92 Å². The van der Waals surface area contributed by atoms with Gasteiger partial charge in [0.15, 0.2) is 5.69 Å². The van der Waals surface area contributed by atoms with E-state index in [1.165, 1.54) is 34.2 Å². The van der Waals surface area contributed by atoms with Crippen molar-refractivity contribution in [3.63, 3.8) is 0 Å². The van der Waals surface area contributed by atoms with E-state index >= 15 is 0 Å². The maximum Gasteiger partial charge on any atom is 0.301 e. The molecule has 0 aliphatic carbocycles. The first-order valence-corrected chi connectivity index (χ1v) is 11.5. The van der Waals surface area contributed by atoms with Gasteiger partial charge in [0.1, 0.15) is 5.02 Å². The van der Waals surface area contributed by atoms with Crippen LogP contribution in [0.2, 0.25) is 5.02 Å². The zero-order chi connectivity index (χ0) is 24.4. The van der Waals surface area contributed by atoms with E-state index in [4.69, 9.17) is 11.6 Å². The van der Waals surface area contributed by atoms with Crippen molar-refractivity contribution >= 4 is 40.0 Å². The molecular formula is C24H15ClN6O3S. The van der Waals surface area contributed by atoms with Gasteiger partial charge in [0, 0.05) is 22.6 Å². The Balaban J connectivity index is 1.60. The maximum absolute atomic E-state index is 13.4. The van der Waals surface area contributed by atoms with Crippen LogP contribution < -0.4 is 5.56 Å². The molecule has 9 nitrogen and oxygen atoms in total. The Morgan fingerprint density at radius 2 is 1.66 bits per heavy atom. The van der Waals surface area contributed by atoms with Crippen LogP contribution in [0.4, 0.5) is 17.1 Å². The first kappa shape index (κ1) is 22.4. The molecule has 0 amide bonds. The Morgan fingerprint density at radius 3 is 2.34 bits per heavy atom. The van der Waals surface area contributed by atoms with Gasteiger partial charge in [-0.2, -0.15) is 9.80 Å². The van der Waals surface area contributed by atoms with Gasteiger partial charge in [0.25, 0.3) is 5.69 Å². The van der Waals surface area contributed by atoms with Gasteiger partial charge < -0.3 is 0 Å². The highest BCUT2D eigenvalue weighted by Crippen LogP contribution is 2.32. The standard InChI is InChI=1S/C24H15ClN6O3S/c25-18-12-11-17(13-20(18)31(33)34)27-28-22-21(16-9-5-2-6-10-16)29-30(23(22)32)24-26-19(14-35-24)15-7-3-1-4-8-15/h1-14,29H. The zero-order valence-electron chi connectivity index (χ0n) is 17.8. The second kappa shape index (κ2) is 9.45. The van der Waals surface area contributed by atoms with Gasteiger partial charge in [-0.3, -0.25) is 20.0 Å². The molecule has 5 aromatic rings. The topological polar surface area (TPSA) is 119 Å². The number of halogens is 1. The minimum absolute atomic E-state index is 0.0130. The molecule has 3 aromatic carbocycles. The number of nitro groups is 1. The fourth-order valence-electron chi connectivity index (χ4n) is 3.38. The third-order valence-electron chi connectivity index (χ3n) is 5.07. The van der Waals surface area contributed by atoms with Crippen molar-refractivity contribution in [2.45, 2.75) is 0 Å². The van der Waals surface area contributed by atoms with Crippen molar-refractivity contribution in [3.05, 3.63) is 110 Å². The molecule has 0 saturated heterocycles. The number of thiazole rings is 1. The molecule has 1 N–H and O–H groups in total. The lowest BCUT2D eigenvalue weighted by Crippen LogP contribution is -2.13. The van der Waals surface area contributed by atoms with Crippen LogP contribution in [0.5, 0.6) is 0 Å². The SMILES string of the molecule is O=c1c(N=Nc2ccc(Cl)c([N+](=O)[O-])c2)c(-c2ccccc2)[nH]n1-c1nc(-c2ccccc2)cs1. The summed E-state index contributed by atoms with van der Waals surface area (Å²) in [6, 6.07) is 22.9. The van der Waals surface area contributed by atoms with Crippen LogP contribution >= 0.6 is 22.9 Å². The van der Waals surface area contributed by atoms with E-state index in [0.29, 0.717) is 10.8 Å². The minimum Gasteiger partial charge on any atom is -0.286 e. The van der Waals surface area contributed by atoms with Crippen LogP contribution in [-0.2, 0) is 0 Å². The summed E-state index contributed by atoms with van der Waals surface area (Å²) in [5, 5.41) is 24.8. The van der Waals surface area contributed by atoms with E-state index in [1.807, 2.05) is 66.0 Å². The van der Waals surface area contributed by atoms with Crippen molar-refractivity contribution in [1.29, 1.82) is 0 Å². The molecule has 2 heterocycles. The summed E-state index contributed by atoms with van der Waals surface area (Å²) in [5.74, 6) is 0. The van der Waals surface area contributed by atoms with Crippen LogP contribution in [0.15, 0.2) is 99.3 Å². The number of rotatable bonds is 6. The average Bonchev–Trinajstić information content (AvgIpc) is 3.49. The van der Waals surface area contributed by atoms with E-state index in [2.05, 4.69) is 20.3 Å². The molecule has 0 aliphatic heterocycles. The molecule has 172 valence electrons. The van der Waals surface area contributed by atoms with Crippen LogP contribution in [0.25, 0.3) is 27.6 Å². The number of hydrogen-bond donors (Lipinski definition) is 1. The number of nitrogens with one attached hydrogen (secondary N) is 1. The lowest BCUT2D eigenvalue weighted by Gasteiger charge is -1.99. The predicted molar refractivity (Wildman–Crippen MR) is 135 cm³/mol. The lowest BCUT2D eigenvalue weighted by atomic mass is 10.1. The second-order valence-electron chi connectivity index (χ2n) is 7.32. The monoisotopic (exact) mass is 502 g/mol. The third kappa shape index (κ3) is 4.52. The molecule has 5 rings (SSSR count). The first-order chi connectivity index (χ1) is 17.0. The first-order valence-electron chi connectivity index (χ1n) is 10.3. The Morgan fingerprint density at radius 1 is 0.971 bits per heavy atom. The van der Waals surface area contributed by atoms with Crippen molar-refractivity contribution in [2.24, 2.45) is 10.2 Å². The summed E-state index contributed by atoms with van der Waals surface area (Å²) in [7, 11) is 0. The molecule has 35 heavy (non-hydrogen) atoms. The van der Waals surface area contributed by atoms with E-state index < -0.39 is 10.5 Å². The van der Waals surface area contributed by atoms with E-state index in [-0.39, 0.29) is 22.1 Å². The highest BCUT2D eigenvalue weighted by atomic mass is 35.5. The fourth-order valence-corrected chi connectivity index (χ4v) is 4.36. The molecule has 0 spiro atoms. The molecule has 0 radical (unpaired) electrons. The third-order valence-corrected chi connectivity index (χ3v) is 6.22. The number of H-pyrrole nitrogens is 1. The number of nitro benzene ring substituents is 1. The molecule has 0 aliphatic rings. The summed E-state index contributed by atoms with van der Waals surface area (Å²) in [6.07, 6.45) is 0. The van der Waals surface area contributed by atoms with E-state index in [9.17, 15) is 14.9 Å². The van der Waals surface area contributed by atoms with Gasteiger partial charge in [0.05, 0.1) is 22.0 Å². The minimum atomic E-state index is -0.604. The van der Waals surface area contributed by atoms with Gasteiger partial charge in [-0.05, 0) is 12.1 Å². The fraction of sp³-hybridized carbons (Fsp3) is 0. The summed E-state index contributed by atoms with van der Waals surface area (Å²) in [4.78, 5) is 28.6. The number of azo groups is 1. The number of benzene rings is 3. The van der Waals surface area contributed by atoms with Crippen LogP contribution in [-0.4, -0.2) is 19.7 Å². The Bertz CT molecular complexity index is 1610. The molecule has 0 saturated carbocycles. The molecule has 0 unspecified atom stereocenters. The van der Waals surface area contributed by atoms with Gasteiger partial charge in [-0.15, -0.1) is 16.5 Å². The smallest absolute Gasteiger partial charge is 0.286 e. The van der Waals surface area contributed by atoms with Crippen molar-refractivity contribution in [3.8, 4) is 27.6 Å². The van der Waals surface area contributed by atoms with Crippen molar-refractivity contribution in [2.75, 3.05) is 0 Å². The lowest BCUT2D eigenvalue weighted by molar-refractivity contribution is -0.384. The second-order valence-corrected chi connectivity index (χ2v) is 8.56. The van der Waals surface area contributed by atoms with Crippen molar-refractivity contribution in [1.82, 2.24) is 14.8 Å². The quantitative estimate of drug-likeness (QED) is 0.154. The van der Waals surface area contributed by atoms with Crippen LogP contribution in [0.3, 0.4) is 0 Å². The largest absolute Gasteiger partial charge is 0.301 e. The average molecular weight is 503 g/mol. The molecule has 11 heteroatoms.